The van der Waals surface area contributed by atoms with Crippen molar-refractivity contribution in [1.29, 1.82) is 0 Å². The summed E-state index contributed by atoms with van der Waals surface area (Å²) in [5, 5.41) is 9.50. The summed E-state index contributed by atoms with van der Waals surface area (Å²) in [5.41, 5.74) is 8.10. The molecular weight excluding hydrogens is 366 g/mol. The molecule has 5 N–H and O–H groups in total. The number of urea groups is 1. The number of amides is 3. The zero-order chi connectivity index (χ0) is 20.3. The Morgan fingerprint density at radius 1 is 1.00 bits per heavy atom. The van der Waals surface area contributed by atoms with Crippen LogP contribution in [0.3, 0.4) is 0 Å². The van der Waals surface area contributed by atoms with E-state index in [2.05, 4.69) is 20.9 Å². The number of nitrogens with one attached hydrogen (secondary N) is 3. The molecule has 0 radical (unpaired) electrons. The molecule has 1 heterocycles. The Bertz CT molecular complexity index is 855. The van der Waals surface area contributed by atoms with E-state index in [0.29, 0.717) is 23.6 Å². The van der Waals surface area contributed by atoms with Gasteiger partial charge in [-0.3, -0.25) is 9.78 Å². The zero-order valence-electron chi connectivity index (χ0n) is 16.4. The summed E-state index contributed by atoms with van der Waals surface area (Å²) in [6.45, 7) is 1.23. The summed E-state index contributed by atoms with van der Waals surface area (Å²) in [6, 6.07) is 13.6. The lowest BCUT2D eigenvalue weighted by atomic mass is 9.52. The number of hydrogen-bond acceptors (Lipinski definition) is 4. The Morgan fingerprint density at radius 2 is 1.72 bits per heavy atom. The molecule has 7 heteroatoms. The topological polar surface area (TPSA) is 109 Å². The van der Waals surface area contributed by atoms with Crippen molar-refractivity contribution in [2.24, 2.45) is 11.1 Å². The minimum Gasteiger partial charge on any atom is -0.366 e. The van der Waals surface area contributed by atoms with E-state index in [9.17, 15) is 9.59 Å². The smallest absolute Gasteiger partial charge is 0.315 e. The second kappa shape index (κ2) is 8.21. The molecule has 2 aliphatic carbocycles. The number of primary amides is 1. The van der Waals surface area contributed by atoms with Crippen molar-refractivity contribution >= 4 is 11.9 Å². The fraction of sp³-hybridized carbons (Fsp3) is 0.409. The lowest BCUT2D eigenvalue weighted by Gasteiger charge is -2.58. The van der Waals surface area contributed by atoms with Gasteiger partial charge in [-0.1, -0.05) is 18.2 Å². The number of pyridine rings is 1. The monoisotopic (exact) mass is 393 g/mol. The van der Waals surface area contributed by atoms with Gasteiger partial charge in [0, 0.05) is 36.9 Å². The molecule has 2 aromatic rings. The van der Waals surface area contributed by atoms with Crippen LogP contribution in [0.5, 0.6) is 0 Å². The first-order valence-corrected chi connectivity index (χ1v) is 10.1. The van der Waals surface area contributed by atoms with Crippen LogP contribution in [0.2, 0.25) is 0 Å². The average molecular weight is 393 g/mol. The highest BCUT2D eigenvalue weighted by Crippen LogP contribution is 2.55. The molecule has 0 aliphatic heterocycles. The van der Waals surface area contributed by atoms with Crippen LogP contribution in [0, 0.1) is 5.41 Å². The first-order valence-electron chi connectivity index (χ1n) is 10.1. The number of nitrogens with two attached hydrogens (primary N) is 1. The highest BCUT2D eigenvalue weighted by atomic mass is 16.2. The fourth-order valence-corrected chi connectivity index (χ4v) is 4.51. The molecule has 1 spiro atoms. The van der Waals surface area contributed by atoms with Crippen LogP contribution in [-0.4, -0.2) is 29.0 Å². The standard InChI is InChI=1S/C22H27N5O2/c23-20(28)16-6-4-15(5-7-16)13-26-21(29)27-19-11-22(12-19)9-18(10-22)25-14-17-3-1-2-8-24-17/h1-8,18-19,25H,9-14H2,(H2,23,28)(H2,26,27,29). The number of benzene rings is 1. The van der Waals surface area contributed by atoms with Crippen LogP contribution in [0.15, 0.2) is 48.7 Å². The minimum atomic E-state index is -0.452. The van der Waals surface area contributed by atoms with Gasteiger partial charge < -0.3 is 21.7 Å². The van der Waals surface area contributed by atoms with E-state index in [1.54, 1.807) is 24.3 Å². The maximum absolute atomic E-state index is 12.1. The van der Waals surface area contributed by atoms with Crippen molar-refractivity contribution in [1.82, 2.24) is 20.9 Å². The van der Waals surface area contributed by atoms with Gasteiger partial charge >= 0.3 is 6.03 Å². The van der Waals surface area contributed by atoms with Crippen LogP contribution in [0.4, 0.5) is 4.79 Å². The summed E-state index contributed by atoms with van der Waals surface area (Å²) in [6.07, 6.45) is 6.27. The molecule has 0 bridgehead atoms. The lowest BCUT2D eigenvalue weighted by molar-refractivity contribution is -0.0263. The van der Waals surface area contributed by atoms with E-state index in [1.807, 2.05) is 24.4 Å². The summed E-state index contributed by atoms with van der Waals surface area (Å²) in [5.74, 6) is -0.452. The highest BCUT2D eigenvalue weighted by molar-refractivity contribution is 5.92. The molecule has 4 rings (SSSR count). The predicted octanol–water partition coefficient (Wildman–Crippen LogP) is 2.08. The third-order valence-corrected chi connectivity index (χ3v) is 6.04. The van der Waals surface area contributed by atoms with Crippen LogP contribution < -0.4 is 21.7 Å². The molecule has 2 saturated carbocycles. The second-order valence-corrected chi connectivity index (χ2v) is 8.30. The van der Waals surface area contributed by atoms with Crippen molar-refractivity contribution in [3.05, 3.63) is 65.5 Å². The van der Waals surface area contributed by atoms with Crippen molar-refractivity contribution < 1.29 is 9.59 Å². The van der Waals surface area contributed by atoms with Crippen molar-refractivity contribution in [3.8, 4) is 0 Å². The third-order valence-electron chi connectivity index (χ3n) is 6.04. The van der Waals surface area contributed by atoms with Gasteiger partial charge in [0.25, 0.3) is 0 Å². The number of aromatic nitrogens is 1. The summed E-state index contributed by atoms with van der Waals surface area (Å²) < 4.78 is 0. The Balaban J connectivity index is 1.11. The Hall–Kier alpha value is -2.93. The zero-order valence-corrected chi connectivity index (χ0v) is 16.4. The first-order chi connectivity index (χ1) is 14.0. The van der Waals surface area contributed by atoms with E-state index >= 15 is 0 Å². The van der Waals surface area contributed by atoms with E-state index in [0.717, 1.165) is 30.6 Å². The molecule has 1 aromatic heterocycles. The third kappa shape index (κ3) is 4.74. The van der Waals surface area contributed by atoms with Gasteiger partial charge in [-0.05, 0) is 60.9 Å². The summed E-state index contributed by atoms with van der Waals surface area (Å²) in [7, 11) is 0. The number of carbonyl (C=O) groups is 2. The van der Waals surface area contributed by atoms with Gasteiger partial charge in [0.15, 0.2) is 0 Å². The molecule has 3 amide bonds. The van der Waals surface area contributed by atoms with Gasteiger partial charge in [0.1, 0.15) is 0 Å². The van der Waals surface area contributed by atoms with Crippen LogP contribution in [0.25, 0.3) is 0 Å². The second-order valence-electron chi connectivity index (χ2n) is 8.30. The largest absolute Gasteiger partial charge is 0.366 e. The molecule has 0 unspecified atom stereocenters. The van der Waals surface area contributed by atoms with E-state index in [1.165, 1.54) is 12.8 Å². The van der Waals surface area contributed by atoms with Gasteiger partial charge in [-0.2, -0.15) is 0 Å². The molecule has 0 atom stereocenters. The molecule has 2 aliphatic rings. The van der Waals surface area contributed by atoms with E-state index in [4.69, 9.17) is 5.73 Å². The Kier molecular flexibility index (Phi) is 5.49. The summed E-state index contributed by atoms with van der Waals surface area (Å²) in [4.78, 5) is 27.5. The predicted molar refractivity (Wildman–Crippen MR) is 110 cm³/mol. The molecule has 152 valence electrons. The Morgan fingerprint density at radius 3 is 2.38 bits per heavy atom. The molecule has 0 saturated heterocycles. The minimum absolute atomic E-state index is 0.145. The molecule has 29 heavy (non-hydrogen) atoms. The molecular formula is C22H27N5O2. The Labute approximate surface area is 170 Å². The van der Waals surface area contributed by atoms with Gasteiger partial charge in [0.2, 0.25) is 5.91 Å². The van der Waals surface area contributed by atoms with Gasteiger partial charge in [-0.15, -0.1) is 0 Å². The quantitative estimate of drug-likeness (QED) is 0.577. The van der Waals surface area contributed by atoms with E-state index < -0.39 is 5.91 Å². The molecule has 2 fully saturated rings. The number of carbonyl (C=O) groups excluding carboxylic acids is 2. The number of hydrogen-bond donors (Lipinski definition) is 4. The van der Waals surface area contributed by atoms with Gasteiger partial charge in [-0.25, -0.2) is 4.79 Å². The van der Waals surface area contributed by atoms with Crippen LogP contribution in [-0.2, 0) is 13.1 Å². The van der Waals surface area contributed by atoms with Crippen molar-refractivity contribution in [2.75, 3.05) is 0 Å². The normalized spacial score (nSPS) is 25.0. The lowest BCUT2D eigenvalue weighted by Crippen LogP contribution is -2.61. The maximum Gasteiger partial charge on any atom is 0.315 e. The fourth-order valence-electron chi connectivity index (χ4n) is 4.51. The van der Waals surface area contributed by atoms with Crippen molar-refractivity contribution in [3.63, 3.8) is 0 Å². The van der Waals surface area contributed by atoms with Crippen LogP contribution >= 0.6 is 0 Å². The van der Waals surface area contributed by atoms with Gasteiger partial charge in [0.05, 0.1) is 5.69 Å². The number of rotatable bonds is 7. The first kappa shape index (κ1) is 19.4. The van der Waals surface area contributed by atoms with Crippen molar-refractivity contribution in [2.45, 2.75) is 50.9 Å². The summed E-state index contributed by atoms with van der Waals surface area (Å²) >= 11 is 0. The maximum atomic E-state index is 12.1. The molecule has 7 nitrogen and oxygen atoms in total. The SMILES string of the molecule is NC(=O)c1ccc(CNC(=O)NC2CC3(CC(NCc4ccccn4)C3)C2)cc1. The highest BCUT2D eigenvalue weighted by Gasteiger charge is 2.52. The number of nitrogens with zero attached hydrogens (tertiary/aromatic N) is 1. The van der Waals surface area contributed by atoms with Crippen LogP contribution in [0.1, 0.15) is 47.3 Å². The molecule has 1 aromatic carbocycles. The van der Waals surface area contributed by atoms with E-state index in [-0.39, 0.29) is 12.1 Å². The average Bonchev–Trinajstić information content (AvgIpc) is 2.67.